The maximum Gasteiger partial charge on any atom is 0.323 e. The third kappa shape index (κ3) is 1.87. The number of likely N-dealkylation sites (tertiary alicyclic amines) is 1. The highest BCUT2D eigenvalue weighted by atomic mass is 16.7. The fraction of sp³-hybridized carbons (Fsp3) is 0.900. The van der Waals surface area contributed by atoms with E-state index < -0.39 is 17.3 Å². The molecule has 5 heteroatoms. The van der Waals surface area contributed by atoms with Crippen molar-refractivity contribution in [1.82, 2.24) is 4.90 Å². The lowest BCUT2D eigenvalue weighted by Gasteiger charge is -2.53. The molecule has 1 N–H and O–H groups in total. The van der Waals surface area contributed by atoms with Crippen LogP contribution in [0.4, 0.5) is 0 Å². The fourth-order valence-corrected chi connectivity index (χ4v) is 1.74. The maximum absolute atomic E-state index is 11.2. The minimum absolute atomic E-state index is 0.497. The highest BCUT2D eigenvalue weighted by Gasteiger charge is 2.53. The first kappa shape index (κ1) is 12.4. The van der Waals surface area contributed by atoms with Gasteiger partial charge < -0.3 is 14.6 Å². The van der Waals surface area contributed by atoms with Gasteiger partial charge in [-0.05, 0) is 13.3 Å². The minimum Gasteiger partial charge on any atom is -0.480 e. The molecule has 1 fully saturated rings. The number of rotatable bonds is 5. The molecule has 0 bridgehead atoms. The summed E-state index contributed by atoms with van der Waals surface area (Å²) >= 11 is 0. The van der Waals surface area contributed by atoms with E-state index in [1.807, 2.05) is 11.8 Å². The molecule has 15 heavy (non-hydrogen) atoms. The quantitative estimate of drug-likeness (QED) is 0.681. The lowest BCUT2D eigenvalue weighted by Crippen LogP contribution is -2.71. The number of carboxylic acid groups (broad SMARTS) is 1. The SMILES string of the molecule is CCC(C)(C(=O)O)N1CC(OC)(OC)C1. The Bertz CT molecular complexity index is 244. The summed E-state index contributed by atoms with van der Waals surface area (Å²) in [5.74, 6) is -1.42. The Morgan fingerprint density at radius 3 is 2.20 bits per heavy atom. The molecule has 0 aromatic rings. The number of hydrogen-bond donors (Lipinski definition) is 1. The van der Waals surface area contributed by atoms with Crippen molar-refractivity contribution >= 4 is 5.97 Å². The van der Waals surface area contributed by atoms with Gasteiger partial charge in [-0.15, -0.1) is 0 Å². The number of aliphatic carboxylic acids is 1. The first-order chi connectivity index (χ1) is 6.94. The Morgan fingerprint density at radius 1 is 1.47 bits per heavy atom. The van der Waals surface area contributed by atoms with Crippen LogP contribution in [0.25, 0.3) is 0 Å². The van der Waals surface area contributed by atoms with E-state index in [4.69, 9.17) is 14.6 Å². The van der Waals surface area contributed by atoms with Crippen LogP contribution in [-0.2, 0) is 14.3 Å². The van der Waals surface area contributed by atoms with Gasteiger partial charge in [0.2, 0.25) is 0 Å². The van der Waals surface area contributed by atoms with Crippen molar-refractivity contribution in [2.24, 2.45) is 0 Å². The Hall–Kier alpha value is -0.650. The van der Waals surface area contributed by atoms with Crippen LogP contribution in [0.2, 0.25) is 0 Å². The summed E-state index contributed by atoms with van der Waals surface area (Å²) < 4.78 is 10.4. The van der Waals surface area contributed by atoms with Crippen LogP contribution >= 0.6 is 0 Å². The van der Waals surface area contributed by atoms with Crippen molar-refractivity contribution in [3.05, 3.63) is 0 Å². The highest BCUT2D eigenvalue weighted by molar-refractivity contribution is 5.78. The van der Waals surface area contributed by atoms with Gasteiger partial charge in [-0.25, -0.2) is 0 Å². The minimum atomic E-state index is -0.819. The first-order valence-corrected chi connectivity index (χ1v) is 5.03. The molecule has 1 aliphatic heterocycles. The predicted molar refractivity (Wildman–Crippen MR) is 54.7 cm³/mol. The van der Waals surface area contributed by atoms with E-state index in [1.54, 1.807) is 21.1 Å². The zero-order valence-electron chi connectivity index (χ0n) is 9.74. The second-order valence-corrected chi connectivity index (χ2v) is 4.11. The van der Waals surface area contributed by atoms with Crippen molar-refractivity contribution < 1.29 is 19.4 Å². The number of ether oxygens (including phenoxy) is 2. The fourth-order valence-electron chi connectivity index (χ4n) is 1.74. The lowest BCUT2D eigenvalue weighted by atomic mass is 9.90. The Morgan fingerprint density at radius 2 is 1.93 bits per heavy atom. The molecule has 0 saturated carbocycles. The third-order valence-corrected chi connectivity index (χ3v) is 3.45. The van der Waals surface area contributed by atoms with Gasteiger partial charge in [0, 0.05) is 14.2 Å². The Kier molecular flexibility index (Phi) is 3.38. The van der Waals surface area contributed by atoms with E-state index in [0.717, 1.165) is 0 Å². The molecular formula is C10H19NO4. The van der Waals surface area contributed by atoms with E-state index in [0.29, 0.717) is 19.5 Å². The number of carbonyl (C=O) groups is 1. The van der Waals surface area contributed by atoms with Crippen LogP contribution in [0.15, 0.2) is 0 Å². The topological polar surface area (TPSA) is 59.0 Å². The Labute approximate surface area is 90.0 Å². The van der Waals surface area contributed by atoms with Crippen molar-refractivity contribution in [2.45, 2.75) is 31.6 Å². The molecule has 0 aliphatic carbocycles. The second kappa shape index (κ2) is 4.08. The first-order valence-electron chi connectivity index (χ1n) is 5.03. The summed E-state index contributed by atoms with van der Waals surface area (Å²) in [4.78, 5) is 13.0. The summed E-state index contributed by atoms with van der Waals surface area (Å²) in [6.07, 6.45) is 0.561. The zero-order valence-corrected chi connectivity index (χ0v) is 9.74. The van der Waals surface area contributed by atoms with E-state index in [1.165, 1.54) is 0 Å². The average Bonchev–Trinajstić information content (AvgIpc) is 2.17. The van der Waals surface area contributed by atoms with Crippen LogP contribution in [0.5, 0.6) is 0 Å². The second-order valence-electron chi connectivity index (χ2n) is 4.11. The van der Waals surface area contributed by atoms with E-state index in [2.05, 4.69) is 0 Å². The standard InChI is InChI=1S/C10H19NO4/c1-5-9(2,8(12)13)11-6-10(7-11,14-3)15-4/h5-7H2,1-4H3,(H,12,13). The molecule has 1 atom stereocenters. The summed E-state index contributed by atoms with van der Waals surface area (Å²) in [7, 11) is 3.15. The average molecular weight is 217 g/mol. The summed E-state index contributed by atoms with van der Waals surface area (Å²) in [5.41, 5.74) is -0.819. The number of carboxylic acids is 1. The molecule has 0 aromatic heterocycles. The smallest absolute Gasteiger partial charge is 0.323 e. The molecule has 0 aromatic carbocycles. The van der Waals surface area contributed by atoms with Gasteiger partial charge in [0.1, 0.15) is 5.54 Å². The van der Waals surface area contributed by atoms with Crippen LogP contribution in [0.1, 0.15) is 20.3 Å². The summed E-state index contributed by atoms with van der Waals surface area (Å²) in [6.45, 7) is 4.59. The summed E-state index contributed by atoms with van der Waals surface area (Å²) in [5, 5.41) is 9.16. The third-order valence-electron chi connectivity index (χ3n) is 3.45. The van der Waals surface area contributed by atoms with Gasteiger partial charge in [-0.2, -0.15) is 0 Å². The molecule has 88 valence electrons. The van der Waals surface area contributed by atoms with Crippen molar-refractivity contribution in [2.75, 3.05) is 27.3 Å². The molecule has 1 heterocycles. The normalized spacial score (nSPS) is 24.3. The van der Waals surface area contributed by atoms with Gasteiger partial charge in [-0.1, -0.05) is 6.92 Å². The van der Waals surface area contributed by atoms with Crippen LogP contribution in [0, 0.1) is 0 Å². The van der Waals surface area contributed by atoms with Crippen molar-refractivity contribution in [3.8, 4) is 0 Å². The van der Waals surface area contributed by atoms with Crippen LogP contribution in [-0.4, -0.2) is 54.6 Å². The molecular weight excluding hydrogens is 198 g/mol. The van der Waals surface area contributed by atoms with Crippen molar-refractivity contribution in [1.29, 1.82) is 0 Å². The van der Waals surface area contributed by atoms with E-state index in [-0.39, 0.29) is 0 Å². The number of hydrogen-bond acceptors (Lipinski definition) is 4. The lowest BCUT2D eigenvalue weighted by molar-refractivity contribution is -0.290. The largest absolute Gasteiger partial charge is 0.480 e. The van der Waals surface area contributed by atoms with E-state index in [9.17, 15) is 4.79 Å². The zero-order chi connectivity index (χ0) is 11.7. The number of nitrogens with zero attached hydrogens (tertiary/aromatic N) is 1. The van der Waals surface area contributed by atoms with Gasteiger partial charge in [-0.3, -0.25) is 9.69 Å². The highest BCUT2D eigenvalue weighted by Crippen LogP contribution is 2.33. The maximum atomic E-state index is 11.2. The molecule has 1 rings (SSSR count). The van der Waals surface area contributed by atoms with Gasteiger partial charge in [0.15, 0.2) is 5.79 Å². The van der Waals surface area contributed by atoms with Gasteiger partial charge in [0.05, 0.1) is 13.1 Å². The Balaban J connectivity index is 2.67. The number of methoxy groups -OCH3 is 2. The van der Waals surface area contributed by atoms with E-state index >= 15 is 0 Å². The molecule has 1 unspecified atom stereocenters. The molecule has 0 amide bonds. The van der Waals surface area contributed by atoms with Crippen molar-refractivity contribution in [3.63, 3.8) is 0 Å². The van der Waals surface area contributed by atoms with Crippen LogP contribution < -0.4 is 0 Å². The van der Waals surface area contributed by atoms with Crippen LogP contribution in [0.3, 0.4) is 0 Å². The monoisotopic (exact) mass is 217 g/mol. The molecule has 1 aliphatic rings. The molecule has 5 nitrogen and oxygen atoms in total. The molecule has 0 radical (unpaired) electrons. The summed E-state index contributed by atoms with van der Waals surface area (Å²) in [6, 6.07) is 0. The molecule has 1 saturated heterocycles. The van der Waals surface area contributed by atoms with Gasteiger partial charge >= 0.3 is 5.97 Å². The molecule has 0 spiro atoms. The van der Waals surface area contributed by atoms with Gasteiger partial charge in [0.25, 0.3) is 0 Å². The predicted octanol–water partition coefficient (Wildman–Crippen LogP) is 0.544.